The summed E-state index contributed by atoms with van der Waals surface area (Å²) in [5.41, 5.74) is 3.73. The third kappa shape index (κ3) is 3.45. The van der Waals surface area contributed by atoms with Crippen LogP contribution in [0.3, 0.4) is 0 Å². The molecule has 0 unspecified atom stereocenters. The SMILES string of the molecule is O=C(Nc1ccccc1)c1cnc(N2CCc3[nH]cnc3[C@@H]2c2cc3c(F)cccn3n2)cn1. The van der Waals surface area contributed by atoms with Crippen molar-refractivity contribution < 1.29 is 9.18 Å². The average molecular weight is 454 g/mol. The van der Waals surface area contributed by atoms with Crippen molar-refractivity contribution in [1.29, 1.82) is 0 Å². The molecule has 34 heavy (non-hydrogen) atoms. The van der Waals surface area contributed by atoms with Crippen molar-refractivity contribution in [2.24, 2.45) is 0 Å². The van der Waals surface area contributed by atoms with Gasteiger partial charge in [-0.3, -0.25) is 4.79 Å². The minimum absolute atomic E-state index is 0.205. The molecule has 0 aliphatic carbocycles. The van der Waals surface area contributed by atoms with E-state index in [1.807, 2.05) is 23.1 Å². The fourth-order valence-corrected chi connectivity index (χ4v) is 4.26. The van der Waals surface area contributed by atoms with Crippen molar-refractivity contribution in [1.82, 2.24) is 29.5 Å². The zero-order chi connectivity index (χ0) is 23.1. The number of aromatic nitrogens is 6. The van der Waals surface area contributed by atoms with Crippen LogP contribution in [0, 0.1) is 5.82 Å². The van der Waals surface area contributed by atoms with E-state index in [9.17, 15) is 9.18 Å². The minimum Gasteiger partial charge on any atom is -0.348 e. The normalized spacial score (nSPS) is 15.3. The number of nitrogens with zero attached hydrogens (tertiary/aromatic N) is 6. The van der Waals surface area contributed by atoms with E-state index in [4.69, 9.17) is 0 Å². The number of imidazole rings is 1. The Morgan fingerprint density at radius 3 is 2.76 bits per heavy atom. The Bertz CT molecular complexity index is 1480. The molecule has 0 saturated heterocycles. The number of pyridine rings is 1. The molecule has 5 aromatic rings. The van der Waals surface area contributed by atoms with Gasteiger partial charge in [0, 0.05) is 30.5 Å². The number of carbonyl (C=O) groups is 1. The fraction of sp³-hybridized carbons (Fsp3) is 0.125. The number of amides is 1. The number of carbonyl (C=O) groups excluding carboxylic acids is 1. The minimum atomic E-state index is -0.382. The van der Waals surface area contributed by atoms with Gasteiger partial charge in [-0.05, 0) is 30.3 Å². The first-order valence-electron chi connectivity index (χ1n) is 10.8. The zero-order valence-electron chi connectivity index (χ0n) is 17.9. The van der Waals surface area contributed by atoms with E-state index in [0.29, 0.717) is 29.3 Å². The number of halogens is 1. The summed E-state index contributed by atoms with van der Waals surface area (Å²) in [5, 5.41) is 7.42. The fourth-order valence-electron chi connectivity index (χ4n) is 4.26. The maximum absolute atomic E-state index is 14.3. The standard InChI is InChI=1S/C24H19FN8O/c25-16-7-4-9-33-20(16)11-18(31-33)23-22-17(28-14-29-22)8-10-32(23)21-13-26-19(12-27-21)24(34)30-15-5-2-1-3-6-15/h1-7,9,11-14,23H,8,10H2,(H,28,29)(H,30,34)/t23-/m0/s1. The second kappa shape index (κ2) is 8.07. The summed E-state index contributed by atoms with van der Waals surface area (Å²) in [6.07, 6.45) is 7.11. The number of benzene rings is 1. The lowest BCUT2D eigenvalue weighted by atomic mass is 10.00. The Balaban J connectivity index is 1.34. The van der Waals surface area contributed by atoms with Crippen LogP contribution in [-0.2, 0) is 6.42 Å². The highest BCUT2D eigenvalue weighted by Gasteiger charge is 2.34. The van der Waals surface area contributed by atoms with Crippen molar-refractivity contribution in [3.63, 3.8) is 0 Å². The lowest BCUT2D eigenvalue weighted by Crippen LogP contribution is -2.37. The van der Waals surface area contributed by atoms with Crippen LogP contribution >= 0.6 is 0 Å². The predicted molar refractivity (Wildman–Crippen MR) is 123 cm³/mol. The third-order valence-corrected chi connectivity index (χ3v) is 5.87. The number of aromatic amines is 1. The molecular formula is C24H19FN8O. The molecule has 6 rings (SSSR count). The Morgan fingerprint density at radius 2 is 1.97 bits per heavy atom. The largest absolute Gasteiger partial charge is 0.348 e. The molecule has 0 bridgehead atoms. The van der Waals surface area contributed by atoms with E-state index >= 15 is 0 Å². The first kappa shape index (κ1) is 20.0. The summed E-state index contributed by atoms with van der Waals surface area (Å²) in [6.45, 7) is 0.625. The van der Waals surface area contributed by atoms with E-state index < -0.39 is 0 Å². The molecule has 9 nitrogen and oxygen atoms in total. The summed E-state index contributed by atoms with van der Waals surface area (Å²) in [5.74, 6) is -0.113. The van der Waals surface area contributed by atoms with Crippen LogP contribution in [0.15, 0.2) is 73.4 Å². The van der Waals surface area contributed by atoms with Crippen molar-refractivity contribution >= 4 is 22.9 Å². The number of fused-ring (bicyclic) bond motifs is 2. The van der Waals surface area contributed by atoms with Gasteiger partial charge in [-0.25, -0.2) is 23.9 Å². The molecule has 4 aromatic heterocycles. The van der Waals surface area contributed by atoms with Crippen molar-refractivity contribution in [2.45, 2.75) is 12.5 Å². The molecule has 1 amide bonds. The van der Waals surface area contributed by atoms with Crippen LogP contribution in [0.4, 0.5) is 15.9 Å². The summed E-state index contributed by atoms with van der Waals surface area (Å²) in [6, 6.07) is 13.5. The highest BCUT2D eigenvalue weighted by molar-refractivity contribution is 6.02. The van der Waals surface area contributed by atoms with Gasteiger partial charge in [0.1, 0.15) is 28.9 Å². The van der Waals surface area contributed by atoms with E-state index in [2.05, 4.69) is 30.4 Å². The van der Waals surface area contributed by atoms with Crippen molar-refractivity contribution in [2.75, 3.05) is 16.8 Å². The predicted octanol–water partition coefficient (Wildman–Crippen LogP) is 3.39. The number of hydrogen-bond donors (Lipinski definition) is 2. The van der Waals surface area contributed by atoms with Gasteiger partial charge in [-0.2, -0.15) is 5.10 Å². The second-order valence-electron chi connectivity index (χ2n) is 7.95. The van der Waals surface area contributed by atoms with E-state index in [1.165, 1.54) is 16.8 Å². The monoisotopic (exact) mass is 454 g/mol. The summed E-state index contributed by atoms with van der Waals surface area (Å²) in [4.78, 5) is 31.2. The smallest absolute Gasteiger partial charge is 0.275 e. The molecule has 2 N–H and O–H groups in total. The van der Waals surface area contributed by atoms with E-state index in [0.717, 1.165) is 17.8 Å². The maximum atomic E-state index is 14.3. The van der Waals surface area contributed by atoms with Gasteiger partial charge in [-0.15, -0.1) is 0 Å². The van der Waals surface area contributed by atoms with E-state index in [1.54, 1.807) is 43.0 Å². The number of nitrogens with one attached hydrogen (secondary N) is 2. The highest BCUT2D eigenvalue weighted by Crippen LogP contribution is 2.35. The molecule has 0 fully saturated rings. The van der Waals surface area contributed by atoms with Gasteiger partial charge in [0.05, 0.1) is 30.1 Å². The second-order valence-corrected chi connectivity index (χ2v) is 7.95. The van der Waals surface area contributed by atoms with Crippen LogP contribution in [-0.4, -0.2) is 42.0 Å². The van der Waals surface area contributed by atoms with Gasteiger partial charge in [-0.1, -0.05) is 18.2 Å². The Hall–Kier alpha value is -4.60. The Morgan fingerprint density at radius 1 is 1.09 bits per heavy atom. The van der Waals surface area contributed by atoms with Crippen LogP contribution < -0.4 is 10.2 Å². The highest BCUT2D eigenvalue weighted by atomic mass is 19.1. The lowest BCUT2D eigenvalue weighted by Gasteiger charge is -2.34. The Kier molecular flexibility index (Phi) is 4.76. The molecule has 0 radical (unpaired) electrons. The Labute approximate surface area is 193 Å². The molecule has 10 heteroatoms. The summed E-state index contributed by atoms with van der Waals surface area (Å²) in [7, 11) is 0. The molecule has 1 aromatic carbocycles. The van der Waals surface area contributed by atoms with Crippen LogP contribution in [0.5, 0.6) is 0 Å². The van der Waals surface area contributed by atoms with Crippen LogP contribution in [0.25, 0.3) is 5.52 Å². The zero-order valence-corrected chi connectivity index (χ0v) is 17.9. The van der Waals surface area contributed by atoms with Crippen molar-refractivity contribution in [3.05, 3.63) is 102 Å². The molecule has 1 atom stereocenters. The molecule has 0 saturated carbocycles. The van der Waals surface area contributed by atoms with Crippen LogP contribution in [0.2, 0.25) is 0 Å². The third-order valence-electron chi connectivity index (χ3n) is 5.87. The van der Waals surface area contributed by atoms with E-state index in [-0.39, 0.29) is 23.5 Å². The van der Waals surface area contributed by atoms with Crippen LogP contribution in [0.1, 0.15) is 33.6 Å². The molecular weight excluding hydrogens is 435 g/mol. The average Bonchev–Trinajstić information content (AvgIpc) is 3.52. The van der Waals surface area contributed by atoms with Crippen molar-refractivity contribution in [3.8, 4) is 0 Å². The first-order chi connectivity index (χ1) is 16.7. The van der Waals surface area contributed by atoms with Gasteiger partial charge in [0.15, 0.2) is 0 Å². The molecule has 168 valence electrons. The molecule has 1 aliphatic heterocycles. The number of rotatable bonds is 4. The summed E-state index contributed by atoms with van der Waals surface area (Å²) < 4.78 is 15.9. The number of hydrogen-bond acceptors (Lipinski definition) is 6. The van der Waals surface area contributed by atoms with Gasteiger partial charge in [0.2, 0.25) is 0 Å². The number of anilines is 2. The molecule has 1 aliphatic rings. The summed E-state index contributed by atoms with van der Waals surface area (Å²) >= 11 is 0. The lowest BCUT2D eigenvalue weighted by molar-refractivity contribution is 0.102. The molecule has 0 spiro atoms. The number of para-hydroxylation sites is 1. The molecule has 5 heterocycles. The first-order valence-corrected chi connectivity index (χ1v) is 10.8. The van der Waals surface area contributed by atoms with Gasteiger partial charge < -0.3 is 15.2 Å². The number of H-pyrrole nitrogens is 1. The maximum Gasteiger partial charge on any atom is 0.275 e. The topological polar surface area (TPSA) is 104 Å². The quantitative estimate of drug-likeness (QED) is 0.431. The van der Waals surface area contributed by atoms with Gasteiger partial charge in [0.25, 0.3) is 5.91 Å². The van der Waals surface area contributed by atoms with Gasteiger partial charge >= 0.3 is 0 Å².